The molecule has 1 N–H and O–H groups in total. The van der Waals surface area contributed by atoms with Gasteiger partial charge in [-0.25, -0.2) is 4.39 Å². The minimum absolute atomic E-state index is 0.298. The Kier molecular flexibility index (Phi) is 5.75. The number of nitrogens with one attached hydrogen (secondary N) is 1. The van der Waals surface area contributed by atoms with Gasteiger partial charge >= 0.3 is 0 Å². The second kappa shape index (κ2) is 7.35. The molecule has 4 nitrogen and oxygen atoms in total. The van der Waals surface area contributed by atoms with E-state index in [9.17, 15) is 4.39 Å². The Labute approximate surface area is 136 Å². The van der Waals surface area contributed by atoms with E-state index in [0.717, 1.165) is 4.47 Å². The lowest BCUT2D eigenvalue weighted by molar-refractivity contribution is 0.182. The van der Waals surface area contributed by atoms with Crippen molar-refractivity contribution in [3.63, 3.8) is 0 Å². The van der Waals surface area contributed by atoms with Gasteiger partial charge in [0.1, 0.15) is 5.82 Å². The Morgan fingerprint density at radius 3 is 2.95 bits per heavy atom. The zero-order valence-corrected chi connectivity index (χ0v) is 14.1. The summed E-state index contributed by atoms with van der Waals surface area (Å²) in [7, 11) is 3.38. The minimum atomic E-state index is -0.394. The molecule has 1 atom stereocenters. The highest BCUT2D eigenvalue weighted by Gasteiger charge is 2.23. The zero-order chi connectivity index (χ0) is 15.4. The molecule has 0 aliphatic rings. The lowest BCUT2D eigenvalue weighted by Crippen LogP contribution is -2.24. The highest BCUT2D eigenvalue weighted by molar-refractivity contribution is 9.10. The molecule has 1 aromatic heterocycles. The molecule has 1 heterocycles. The number of methoxy groups -OCH3 is 1. The number of hydrogen-bond acceptors (Lipinski definition) is 3. The Morgan fingerprint density at radius 2 is 2.29 bits per heavy atom. The predicted molar refractivity (Wildman–Crippen MR) is 84.1 cm³/mol. The van der Waals surface area contributed by atoms with Gasteiger partial charge in [0.15, 0.2) is 0 Å². The van der Waals surface area contributed by atoms with E-state index in [1.165, 1.54) is 6.07 Å². The smallest absolute Gasteiger partial charge is 0.128 e. The SMILES string of the molecule is CNC(c1cc(Br)ccc1F)c1c(Cl)cnn1CCOC. The fourth-order valence-electron chi connectivity index (χ4n) is 2.19. The van der Waals surface area contributed by atoms with E-state index in [0.29, 0.717) is 29.4 Å². The van der Waals surface area contributed by atoms with Crippen LogP contribution in [0.25, 0.3) is 0 Å². The van der Waals surface area contributed by atoms with Crippen molar-refractivity contribution in [1.82, 2.24) is 15.1 Å². The van der Waals surface area contributed by atoms with Gasteiger partial charge in [0, 0.05) is 17.1 Å². The van der Waals surface area contributed by atoms with Gasteiger partial charge in [-0.15, -0.1) is 0 Å². The Morgan fingerprint density at radius 1 is 1.52 bits per heavy atom. The number of rotatable bonds is 6. The fourth-order valence-corrected chi connectivity index (χ4v) is 2.82. The molecule has 0 saturated heterocycles. The fraction of sp³-hybridized carbons (Fsp3) is 0.357. The third-order valence-electron chi connectivity index (χ3n) is 3.17. The topological polar surface area (TPSA) is 39.1 Å². The number of benzene rings is 1. The summed E-state index contributed by atoms with van der Waals surface area (Å²) >= 11 is 9.61. The molecular formula is C14H16BrClFN3O. The maximum atomic E-state index is 14.2. The van der Waals surface area contributed by atoms with Crippen LogP contribution in [0.15, 0.2) is 28.9 Å². The molecule has 0 saturated carbocycles. The van der Waals surface area contributed by atoms with E-state index < -0.39 is 6.04 Å². The second-order valence-electron chi connectivity index (χ2n) is 4.48. The first-order valence-electron chi connectivity index (χ1n) is 6.40. The number of aromatic nitrogens is 2. The van der Waals surface area contributed by atoms with Crippen LogP contribution < -0.4 is 5.32 Å². The summed E-state index contributed by atoms with van der Waals surface area (Å²) in [6.45, 7) is 1.05. The zero-order valence-electron chi connectivity index (χ0n) is 11.7. The summed E-state index contributed by atoms with van der Waals surface area (Å²) in [4.78, 5) is 0. The molecule has 2 rings (SSSR count). The normalized spacial score (nSPS) is 12.6. The van der Waals surface area contributed by atoms with Crippen molar-refractivity contribution in [2.45, 2.75) is 12.6 Å². The van der Waals surface area contributed by atoms with Crippen molar-refractivity contribution in [2.75, 3.05) is 20.8 Å². The van der Waals surface area contributed by atoms with Crippen LogP contribution in [-0.2, 0) is 11.3 Å². The molecule has 1 unspecified atom stereocenters. The number of nitrogens with zero attached hydrogens (tertiary/aromatic N) is 2. The standard InChI is InChI=1S/C14H16BrClFN3O/c1-18-13(10-7-9(15)3-4-12(10)17)14-11(16)8-19-20(14)5-6-21-2/h3-4,7-8,13,18H,5-6H2,1-2H3. The van der Waals surface area contributed by atoms with Crippen molar-refractivity contribution < 1.29 is 9.13 Å². The van der Waals surface area contributed by atoms with Crippen molar-refractivity contribution >= 4 is 27.5 Å². The summed E-state index contributed by atoms with van der Waals surface area (Å²) in [6, 6.07) is 4.43. The number of hydrogen-bond donors (Lipinski definition) is 1. The third-order valence-corrected chi connectivity index (χ3v) is 3.96. The molecule has 1 aromatic carbocycles. The van der Waals surface area contributed by atoms with Crippen molar-refractivity contribution in [3.05, 3.63) is 51.0 Å². The van der Waals surface area contributed by atoms with Crippen LogP contribution in [0, 0.1) is 5.82 Å². The maximum Gasteiger partial charge on any atom is 0.128 e. The number of halogens is 3. The second-order valence-corrected chi connectivity index (χ2v) is 5.80. The summed E-state index contributed by atoms with van der Waals surface area (Å²) in [6.07, 6.45) is 1.56. The Balaban J connectivity index is 2.46. The maximum absolute atomic E-state index is 14.2. The van der Waals surface area contributed by atoms with E-state index in [1.807, 2.05) is 0 Å². The highest BCUT2D eigenvalue weighted by Crippen LogP contribution is 2.31. The van der Waals surface area contributed by atoms with E-state index in [4.69, 9.17) is 16.3 Å². The Hall–Kier alpha value is -0.950. The molecule has 0 bridgehead atoms. The molecule has 114 valence electrons. The average molecular weight is 377 g/mol. The third kappa shape index (κ3) is 3.63. The van der Waals surface area contributed by atoms with Gasteiger partial charge in [0.25, 0.3) is 0 Å². The van der Waals surface area contributed by atoms with Gasteiger partial charge in [-0.2, -0.15) is 5.10 Å². The average Bonchev–Trinajstić information content (AvgIpc) is 2.83. The highest BCUT2D eigenvalue weighted by atomic mass is 79.9. The van der Waals surface area contributed by atoms with Gasteiger partial charge in [0.05, 0.1) is 36.1 Å². The summed E-state index contributed by atoms with van der Waals surface area (Å²) in [5.41, 5.74) is 1.22. The van der Waals surface area contributed by atoms with Crippen molar-refractivity contribution in [1.29, 1.82) is 0 Å². The molecule has 0 amide bonds. The minimum Gasteiger partial charge on any atom is -0.383 e. The molecule has 2 aromatic rings. The van der Waals surface area contributed by atoms with Crippen LogP contribution >= 0.6 is 27.5 Å². The molecule has 0 aliphatic heterocycles. The van der Waals surface area contributed by atoms with Crippen LogP contribution in [0.4, 0.5) is 4.39 Å². The van der Waals surface area contributed by atoms with Crippen LogP contribution in [0.3, 0.4) is 0 Å². The monoisotopic (exact) mass is 375 g/mol. The molecule has 0 aliphatic carbocycles. The van der Waals surface area contributed by atoms with E-state index in [-0.39, 0.29) is 5.82 Å². The van der Waals surface area contributed by atoms with Gasteiger partial charge in [-0.3, -0.25) is 4.68 Å². The summed E-state index contributed by atoms with van der Waals surface area (Å²) < 4.78 is 21.8. The van der Waals surface area contributed by atoms with Crippen LogP contribution in [-0.4, -0.2) is 30.5 Å². The molecule has 0 spiro atoms. The largest absolute Gasteiger partial charge is 0.383 e. The van der Waals surface area contributed by atoms with E-state index in [2.05, 4.69) is 26.3 Å². The van der Waals surface area contributed by atoms with Gasteiger partial charge in [0.2, 0.25) is 0 Å². The van der Waals surface area contributed by atoms with E-state index >= 15 is 0 Å². The van der Waals surface area contributed by atoms with Gasteiger partial charge in [-0.05, 0) is 25.2 Å². The first kappa shape index (κ1) is 16.4. The molecule has 0 fully saturated rings. The van der Waals surface area contributed by atoms with Crippen LogP contribution in [0.2, 0.25) is 5.02 Å². The molecule has 7 heteroatoms. The number of ether oxygens (including phenoxy) is 1. The Bertz CT molecular complexity index is 620. The lowest BCUT2D eigenvalue weighted by atomic mass is 10.0. The molecule has 21 heavy (non-hydrogen) atoms. The molecule has 0 radical (unpaired) electrons. The van der Waals surface area contributed by atoms with Gasteiger partial charge in [-0.1, -0.05) is 27.5 Å². The van der Waals surface area contributed by atoms with Crippen LogP contribution in [0.1, 0.15) is 17.3 Å². The first-order chi connectivity index (χ1) is 10.1. The van der Waals surface area contributed by atoms with Crippen molar-refractivity contribution in [3.8, 4) is 0 Å². The summed E-state index contributed by atoms with van der Waals surface area (Å²) in [5, 5.41) is 7.82. The van der Waals surface area contributed by atoms with Crippen molar-refractivity contribution in [2.24, 2.45) is 0 Å². The quantitative estimate of drug-likeness (QED) is 0.840. The van der Waals surface area contributed by atoms with Gasteiger partial charge < -0.3 is 10.1 Å². The predicted octanol–water partition coefficient (Wildman–Crippen LogP) is 3.39. The lowest BCUT2D eigenvalue weighted by Gasteiger charge is -2.20. The van der Waals surface area contributed by atoms with Crippen LogP contribution in [0.5, 0.6) is 0 Å². The van der Waals surface area contributed by atoms with E-state index in [1.54, 1.807) is 37.2 Å². The summed E-state index contributed by atoms with van der Waals surface area (Å²) in [5.74, 6) is -0.298. The first-order valence-corrected chi connectivity index (χ1v) is 7.58. The molecular weight excluding hydrogens is 361 g/mol.